The molecular formula is C46H89NO8. The SMILES string of the molecule is CCCCCCCCCC/C=C\CCCCCCCCCCCCCCCC(=O)NC(COC1OC(CO)C(O)C(O)C1O)C(O)CCCCCCCCC. The highest BCUT2D eigenvalue weighted by molar-refractivity contribution is 5.76. The predicted octanol–water partition coefficient (Wildman–Crippen LogP) is 9.73. The van der Waals surface area contributed by atoms with E-state index in [0.717, 1.165) is 38.5 Å². The van der Waals surface area contributed by atoms with E-state index in [4.69, 9.17) is 9.47 Å². The van der Waals surface area contributed by atoms with Crippen LogP contribution in [0.5, 0.6) is 0 Å². The van der Waals surface area contributed by atoms with Crippen molar-refractivity contribution in [1.82, 2.24) is 5.32 Å². The van der Waals surface area contributed by atoms with Crippen molar-refractivity contribution in [3.63, 3.8) is 0 Å². The van der Waals surface area contributed by atoms with Gasteiger partial charge in [-0.2, -0.15) is 0 Å². The summed E-state index contributed by atoms with van der Waals surface area (Å²) < 4.78 is 11.2. The molecule has 0 aromatic carbocycles. The summed E-state index contributed by atoms with van der Waals surface area (Å²) in [5.41, 5.74) is 0. The number of rotatable bonds is 39. The maximum Gasteiger partial charge on any atom is 0.220 e. The molecule has 0 radical (unpaired) electrons. The number of carbonyl (C=O) groups excluding carboxylic acids is 1. The van der Waals surface area contributed by atoms with Gasteiger partial charge in [-0.05, 0) is 38.5 Å². The molecule has 55 heavy (non-hydrogen) atoms. The Morgan fingerprint density at radius 1 is 0.600 bits per heavy atom. The normalized spacial score (nSPS) is 21.3. The van der Waals surface area contributed by atoms with Crippen LogP contribution in [-0.2, 0) is 14.3 Å². The zero-order chi connectivity index (χ0) is 40.2. The maximum absolute atomic E-state index is 12.9. The van der Waals surface area contributed by atoms with Gasteiger partial charge in [-0.1, -0.05) is 187 Å². The fourth-order valence-corrected chi connectivity index (χ4v) is 7.57. The first-order chi connectivity index (χ1) is 26.8. The van der Waals surface area contributed by atoms with Crippen molar-refractivity contribution in [2.45, 2.75) is 262 Å². The second kappa shape index (κ2) is 37.2. The second-order valence-electron chi connectivity index (χ2n) is 16.6. The molecule has 1 saturated heterocycles. The first kappa shape index (κ1) is 51.9. The van der Waals surface area contributed by atoms with Crippen molar-refractivity contribution < 1.29 is 39.8 Å². The molecule has 0 aliphatic carbocycles. The number of allylic oxidation sites excluding steroid dienone is 2. The molecule has 0 aromatic rings. The van der Waals surface area contributed by atoms with Crippen LogP contribution in [0.1, 0.15) is 219 Å². The molecule has 6 N–H and O–H groups in total. The zero-order valence-corrected chi connectivity index (χ0v) is 35.7. The van der Waals surface area contributed by atoms with Gasteiger partial charge in [0.15, 0.2) is 6.29 Å². The van der Waals surface area contributed by atoms with E-state index in [9.17, 15) is 30.3 Å². The summed E-state index contributed by atoms with van der Waals surface area (Å²) in [6, 6.07) is -0.712. The molecular weight excluding hydrogens is 695 g/mol. The Balaban J connectivity index is 2.15. The predicted molar refractivity (Wildman–Crippen MR) is 226 cm³/mol. The lowest BCUT2D eigenvalue weighted by Gasteiger charge is -2.40. The number of amides is 1. The van der Waals surface area contributed by atoms with Gasteiger partial charge in [0.1, 0.15) is 24.4 Å². The summed E-state index contributed by atoms with van der Waals surface area (Å²) in [5, 5.41) is 54.0. The van der Waals surface area contributed by atoms with E-state index in [2.05, 4.69) is 31.3 Å². The van der Waals surface area contributed by atoms with E-state index in [0.29, 0.717) is 12.8 Å². The summed E-state index contributed by atoms with van der Waals surface area (Å²) in [6.45, 7) is 3.79. The van der Waals surface area contributed by atoms with E-state index < -0.39 is 49.5 Å². The van der Waals surface area contributed by atoms with E-state index in [-0.39, 0.29) is 12.5 Å². The fourth-order valence-electron chi connectivity index (χ4n) is 7.57. The van der Waals surface area contributed by atoms with Crippen LogP contribution in [-0.4, -0.2) is 87.5 Å². The number of ether oxygens (including phenoxy) is 2. The van der Waals surface area contributed by atoms with Crippen LogP contribution < -0.4 is 5.32 Å². The molecule has 9 heteroatoms. The van der Waals surface area contributed by atoms with Gasteiger partial charge >= 0.3 is 0 Å². The van der Waals surface area contributed by atoms with E-state index in [1.165, 1.54) is 154 Å². The number of unbranched alkanes of at least 4 members (excludes halogenated alkanes) is 27. The summed E-state index contributed by atoms with van der Waals surface area (Å²) >= 11 is 0. The molecule has 1 amide bonds. The molecule has 326 valence electrons. The van der Waals surface area contributed by atoms with E-state index >= 15 is 0 Å². The first-order valence-electron chi connectivity index (χ1n) is 23.4. The molecule has 0 bridgehead atoms. The lowest BCUT2D eigenvalue weighted by Crippen LogP contribution is -2.60. The number of hydrogen-bond donors (Lipinski definition) is 6. The first-order valence-corrected chi connectivity index (χ1v) is 23.4. The Hall–Kier alpha value is -1.07. The van der Waals surface area contributed by atoms with Crippen molar-refractivity contribution in [3.8, 4) is 0 Å². The average molecular weight is 784 g/mol. The van der Waals surface area contributed by atoms with Crippen LogP contribution in [0, 0.1) is 0 Å². The van der Waals surface area contributed by atoms with Crippen LogP contribution in [0.25, 0.3) is 0 Å². The molecule has 0 aromatic heterocycles. The van der Waals surface area contributed by atoms with Gasteiger partial charge in [0, 0.05) is 6.42 Å². The van der Waals surface area contributed by atoms with Crippen molar-refractivity contribution in [2.24, 2.45) is 0 Å². The van der Waals surface area contributed by atoms with Crippen molar-refractivity contribution in [1.29, 1.82) is 0 Å². The number of carbonyl (C=O) groups is 1. The van der Waals surface area contributed by atoms with Crippen LogP contribution in [0.2, 0.25) is 0 Å². The topological polar surface area (TPSA) is 149 Å². The lowest BCUT2D eigenvalue weighted by atomic mass is 9.99. The highest BCUT2D eigenvalue weighted by Gasteiger charge is 2.44. The number of aliphatic hydroxyl groups is 5. The van der Waals surface area contributed by atoms with Crippen molar-refractivity contribution in [2.75, 3.05) is 13.2 Å². The molecule has 7 unspecified atom stereocenters. The van der Waals surface area contributed by atoms with Gasteiger partial charge in [0.2, 0.25) is 5.91 Å². The summed E-state index contributed by atoms with van der Waals surface area (Å²) in [6.07, 6.45) is 35.4. The molecule has 1 fully saturated rings. The third-order valence-corrected chi connectivity index (χ3v) is 11.4. The quantitative estimate of drug-likeness (QED) is 0.0267. The highest BCUT2D eigenvalue weighted by atomic mass is 16.7. The second-order valence-corrected chi connectivity index (χ2v) is 16.6. The van der Waals surface area contributed by atoms with Crippen molar-refractivity contribution in [3.05, 3.63) is 12.2 Å². The average Bonchev–Trinajstić information content (AvgIpc) is 3.18. The monoisotopic (exact) mass is 784 g/mol. The highest BCUT2D eigenvalue weighted by Crippen LogP contribution is 2.23. The van der Waals surface area contributed by atoms with Crippen LogP contribution in [0.3, 0.4) is 0 Å². The standard InChI is InChI=1S/C46H89NO8/c1-3-5-7-9-11-12-13-14-15-16-17-18-19-20-21-22-23-24-25-26-27-28-30-32-34-36-42(50)47-39(40(49)35-33-31-29-10-8-6-4-2)38-54-46-45(53)44(52)43(51)41(37-48)55-46/h16-17,39-41,43-46,48-49,51-53H,3-15,18-38H2,1-2H3,(H,47,50)/b17-16-. The Labute approximate surface area is 337 Å². The minimum absolute atomic E-state index is 0.136. The van der Waals surface area contributed by atoms with Gasteiger partial charge in [-0.3, -0.25) is 4.79 Å². The molecule has 0 spiro atoms. The minimum Gasteiger partial charge on any atom is -0.394 e. The van der Waals surface area contributed by atoms with Gasteiger partial charge in [0.25, 0.3) is 0 Å². The van der Waals surface area contributed by atoms with Crippen LogP contribution in [0.15, 0.2) is 12.2 Å². The molecule has 1 heterocycles. The van der Waals surface area contributed by atoms with Gasteiger partial charge in [-0.15, -0.1) is 0 Å². The summed E-state index contributed by atoms with van der Waals surface area (Å²) in [4.78, 5) is 12.9. The maximum atomic E-state index is 12.9. The Morgan fingerprint density at radius 2 is 1.02 bits per heavy atom. The van der Waals surface area contributed by atoms with Crippen molar-refractivity contribution >= 4 is 5.91 Å². The Bertz CT molecular complexity index is 873. The molecule has 9 nitrogen and oxygen atoms in total. The molecule has 7 atom stereocenters. The largest absolute Gasteiger partial charge is 0.394 e. The van der Waals surface area contributed by atoms with Gasteiger partial charge < -0.3 is 40.3 Å². The lowest BCUT2D eigenvalue weighted by molar-refractivity contribution is -0.302. The molecule has 1 aliphatic heterocycles. The van der Waals surface area contributed by atoms with E-state index in [1.54, 1.807) is 0 Å². The molecule has 1 rings (SSSR count). The minimum atomic E-state index is -1.55. The van der Waals surface area contributed by atoms with Crippen LogP contribution in [0.4, 0.5) is 0 Å². The Morgan fingerprint density at radius 3 is 1.47 bits per heavy atom. The number of aliphatic hydroxyl groups excluding tert-OH is 5. The summed E-state index contributed by atoms with van der Waals surface area (Å²) in [7, 11) is 0. The number of nitrogens with one attached hydrogen (secondary N) is 1. The zero-order valence-electron chi connectivity index (χ0n) is 35.7. The van der Waals surface area contributed by atoms with Crippen LogP contribution >= 0.6 is 0 Å². The third-order valence-electron chi connectivity index (χ3n) is 11.4. The molecule has 0 saturated carbocycles. The van der Waals surface area contributed by atoms with Gasteiger partial charge in [0.05, 0.1) is 25.4 Å². The molecule has 1 aliphatic rings. The Kier molecular flexibility index (Phi) is 35.2. The number of hydrogen-bond acceptors (Lipinski definition) is 8. The third kappa shape index (κ3) is 28.1. The van der Waals surface area contributed by atoms with E-state index in [1.807, 2.05) is 0 Å². The summed E-state index contributed by atoms with van der Waals surface area (Å²) in [5.74, 6) is -0.147. The van der Waals surface area contributed by atoms with Gasteiger partial charge in [-0.25, -0.2) is 0 Å². The fraction of sp³-hybridized carbons (Fsp3) is 0.935. The smallest absolute Gasteiger partial charge is 0.220 e.